The number of para-hydroxylation sites is 1. The second kappa shape index (κ2) is 7.30. The summed E-state index contributed by atoms with van der Waals surface area (Å²) in [5.74, 6) is 0.695. The van der Waals surface area contributed by atoms with Gasteiger partial charge in [-0.15, -0.1) is 0 Å². The van der Waals surface area contributed by atoms with Gasteiger partial charge in [-0.3, -0.25) is 4.79 Å². The fourth-order valence-corrected chi connectivity index (χ4v) is 4.11. The van der Waals surface area contributed by atoms with E-state index in [1.807, 2.05) is 0 Å². The van der Waals surface area contributed by atoms with E-state index in [0.29, 0.717) is 12.3 Å². The maximum Gasteiger partial charge on any atom is 0.224 e. The molecule has 0 spiro atoms. The van der Waals surface area contributed by atoms with Gasteiger partial charge in [0, 0.05) is 25.3 Å². The van der Waals surface area contributed by atoms with Crippen LogP contribution in [0.1, 0.15) is 29.5 Å². The van der Waals surface area contributed by atoms with Crippen LogP contribution in [0.4, 0.5) is 5.69 Å². The first kappa shape index (κ1) is 16.2. The summed E-state index contributed by atoms with van der Waals surface area (Å²) in [5, 5.41) is 3.15. The van der Waals surface area contributed by atoms with Crippen molar-refractivity contribution >= 4 is 11.6 Å². The molecule has 2 aliphatic rings. The van der Waals surface area contributed by atoms with Gasteiger partial charge in [-0.05, 0) is 60.4 Å². The van der Waals surface area contributed by atoms with Crippen LogP contribution < -0.4 is 10.2 Å². The third kappa shape index (κ3) is 3.87. The largest absolute Gasteiger partial charge is 0.371 e. The smallest absolute Gasteiger partial charge is 0.224 e. The molecule has 1 unspecified atom stereocenters. The van der Waals surface area contributed by atoms with E-state index in [4.69, 9.17) is 0 Å². The van der Waals surface area contributed by atoms with E-state index in [1.165, 1.54) is 36.1 Å². The molecule has 1 N–H and O–H groups in total. The Labute approximate surface area is 150 Å². The third-order valence-electron chi connectivity index (χ3n) is 5.52. The number of anilines is 1. The van der Waals surface area contributed by atoms with E-state index < -0.39 is 0 Å². The Morgan fingerprint density at radius 2 is 1.92 bits per heavy atom. The van der Waals surface area contributed by atoms with Crippen molar-refractivity contribution in [1.82, 2.24) is 5.32 Å². The molecule has 0 bridgehead atoms. The minimum absolute atomic E-state index is 0.149. The minimum atomic E-state index is 0.149. The van der Waals surface area contributed by atoms with Crippen molar-refractivity contribution in [3.05, 3.63) is 65.2 Å². The van der Waals surface area contributed by atoms with Crippen LogP contribution in [0, 0.1) is 5.92 Å². The Hall–Kier alpha value is -2.29. The zero-order valence-electron chi connectivity index (χ0n) is 14.7. The van der Waals surface area contributed by atoms with Gasteiger partial charge in [0.2, 0.25) is 5.91 Å². The van der Waals surface area contributed by atoms with E-state index in [1.54, 1.807) is 0 Å². The Bertz CT molecular complexity index is 741. The molecule has 1 saturated heterocycles. The number of aryl methyl sites for hydroxylation is 2. The van der Waals surface area contributed by atoms with Crippen molar-refractivity contribution in [2.45, 2.75) is 32.1 Å². The summed E-state index contributed by atoms with van der Waals surface area (Å²) < 4.78 is 0. The lowest BCUT2D eigenvalue weighted by Crippen LogP contribution is -2.32. The number of amides is 1. The predicted octanol–water partition coefficient (Wildman–Crippen LogP) is 3.36. The molecule has 2 aromatic carbocycles. The molecule has 1 fully saturated rings. The number of hydrogen-bond acceptors (Lipinski definition) is 2. The summed E-state index contributed by atoms with van der Waals surface area (Å²) >= 11 is 0. The SMILES string of the molecule is O=C(Cc1ccc2c(c1)CCC2)NCC1CCN(c2ccccc2)C1. The van der Waals surface area contributed by atoms with E-state index in [2.05, 4.69) is 58.7 Å². The normalized spacial score (nSPS) is 19.0. The number of hydrogen-bond donors (Lipinski definition) is 1. The number of nitrogens with one attached hydrogen (secondary N) is 1. The van der Waals surface area contributed by atoms with Gasteiger partial charge in [0.15, 0.2) is 0 Å². The maximum atomic E-state index is 12.3. The highest BCUT2D eigenvalue weighted by molar-refractivity contribution is 5.78. The molecule has 0 saturated carbocycles. The molecule has 3 nitrogen and oxygen atoms in total. The zero-order chi connectivity index (χ0) is 17.1. The van der Waals surface area contributed by atoms with Gasteiger partial charge < -0.3 is 10.2 Å². The van der Waals surface area contributed by atoms with E-state index >= 15 is 0 Å². The zero-order valence-corrected chi connectivity index (χ0v) is 14.7. The molecular weight excluding hydrogens is 308 g/mol. The molecule has 1 aliphatic heterocycles. The highest BCUT2D eigenvalue weighted by atomic mass is 16.1. The summed E-state index contributed by atoms with van der Waals surface area (Å²) in [4.78, 5) is 14.7. The summed E-state index contributed by atoms with van der Waals surface area (Å²) in [6.45, 7) is 2.89. The Morgan fingerprint density at radius 3 is 2.80 bits per heavy atom. The molecule has 4 rings (SSSR count). The first-order valence-electron chi connectivity index (χ1n) is 9.45. The van der Waals surface area contributed by atoms with Gasteiger partial charge in [-0.2, -0.15) is 0 Å². The molecule has 130 valence electrons. The number of rotatable bonds is 5. The topological polar surface area (TPSA) is 32.3 Å². The van der Waals surface area contributed by atoms with Crippen molar-refractivity contribution in [3.8, 4) is 0 Å². The maximum absolute atomic E-state index is 12.3. The van der Waals surface area contributed by atoms with Crippen molar-refractivity contribution in [2.75, 3.05) is 24.5 Å². The van der Waals surface area contributed by atoms with Crippen LogP contribution in [0.15, 0.2) is 48.5 Å². The van der Waals surface area contributed by atoms with Crippen LogP contribution in [-0.2, 0) is 24.1 Å². The van der Waals surface area contributed by atoms with Crippen molar-refractivity contribution in [3.63, 3.8) is 0 Å². The van der Waals surface area contributed by atoms with Crippen LogP contribution in [0.3, 0.4) is 0 Å². The van der Waals surface area contributed by atoms with Gasteiger partial charge in [0.1, 0.15) is 0 Å². The molecule has 1 heterocycles. The Balaban J connectivity index is 1.25. The fraction of sp³-hybridized carbons (Fsp3) is 0.409. The lowest BCUT2D eigenvalue weighted by Gasteiger charge is -2.18. The van der Waals surface area contributed by atoms with E-state index in [0.717, 1.165) is 31.6 Å². The molecule has 3 heteroatoms. The lowest BCUT2D eigenvalue weighted by molar-refractivity contribution is -0.120. The highest BCUT2D eigenvalue weighted by Crippen LogP contribution is 2.24. The molecule has 0 aromatic heterocycles. The van der Waals surface area contributed by atoms with Crippen LogP contribution >= 0.6 is 0 Å². The summed E-state index contributed by atoms with van der Waals surface area (Å²) in [5.41, 5.74) is 5.35. The van der Waals surface area contributed by atoms with Gasteiger partial charge in [0.25, 0.3) is 0 Å². The fourth-order valence-electron chi connectivity index (χ4n) is 4.11. The standard InChI is InChI=1S/C22H26N2O/c25-22(14-17-9-10-19-5-4-6-20(19)13-17)23-15-18-11-12-24(16-18)21-7-2-1-3-8-21/h1-3,7-10,13,18H,4-6,11-12,14-16H2,(H,23,25). The molecule has 0 radical (unpaired) electrons. The van der Waals surface area contributed by atoms with Crippen LogP contribution in [0.5, 0.6) is 0 Å². The first-order chi connectivity index (χ1) is 12.3. The average Bonchev–Trinajstić information content (AvgIpc) is 3.30. The van der Waals surface area contributed by atoms with E-state index in [-0.39, 0.29) is 5.91 Å². The number of benzene rings is 2. The average molecular weight is 334 g/mol. The first-order valence-corrected chi connectivity index (χ1v) is 9.45. The molecule has 2 aromatic rings. The third-order valence-corrected chi connectivity index (χ3v) is 5.52. The lowest BCUT2D eigenvalue weighted by atomic mass is 10.0. The summed E-state index contributed by atoms with van der Waals surface area (Å²) in [7, 11) is 0. The van der Waals surface area contributed by atoms with Gasteiger partial charge in [-0.1, -0.05) is 36.4 Å². The Morgan fingerprint density at radius 1 is 1.08 bits per heavy atom. The number of fused-ring (bicyclic) bond motifs is 1. The highest BCUT2D eigenvalue weighted by Gasteiger charge is 2.23. The number of carbonyl (C=O) groups excluding carboxylic acids is 1. The minimum Gasteiger partial charge on any atom is -0.371 e. The second-order valence-corrected chi connectivity index (χ2v) is 7.37. The Kier molecular flexibility index (Phi) is 4.73. The number of nitrogens with zero attached hydrogens (tertiary/aromatic N) is 1. The van der Waals surface area contributed by atoms with Crippen LogP contribution in [-0.4, -0.2) is 25.5 Å². The van der Waals surface area contributed by atoms with Gasteiger partial charge in [-0.25, -0.2) is 0 Å². The molecular formula is C22H26N2O. The molecule has 25 heavy (non-hydrogen) atoms. The van der Waals surface area contributed by atoms with Crippen LogP contribution in [0.25, 0.3) is 0 Å². The molecule has 1 amide bonds. The van der Waals surface area contributed by atoms with Crippen LogP contribution in [0.2, 0.25) is 0 Å². The summed E-state index contributed by atoms with van der Waals surface area (Å²) in [6, 6.07) is 17.1. The van der Waals surface area contributed by atoms with Gasteiger partial charge >= 0.3 is 0 Å². The quantitative estimate of drug-likeness (QED) is 0.909. The molecule has 1 atom stereocenters. The summed E-state index contributed by atoms with van der Waals surface area (Å²) in [6.07, 6.45) is 5.27. The van der Waals surface area contributed by atoms with Crippen molar-refractivity contribution in [1.29, 1.82) is 0 Å². The van der Waals surface area contributed by atoms with Crippen molar-refractivity contribution < 1.29 is 4.79 Å². The van der Waals surface area contributed by atoms with E-state index in [9.17, 15) is 4.79 Å². The molecule has 1 aliphatic carbocycles. The monoisotopic (exact) mass is 334 g/mol. The second-order valence-electron chi connectivity index (χ2n) is 7.37. The van der Waals surface area contributed by atoms with Gasteiger partial charge in [0.05, 0.1) is 6.42 Å². The predicted molar refractivity (Wildman–Crippen MR) is 102 cm³/mol. The van der Waals surface area contributed by atoms with Crippen molar-refractivity contribution in [2.24, 2.45) is 5.92 Å². The number of carbonyl (C=O) groups is 1.